The molecule has 0 aromatic rings. The maximum absolute atomic E-state index is 10.9. The van der Waals surface area contributed by atoms with Gasteiger partial charge in [0.1, 0.15) is 0 Å². The van der Waals surface area contributed by atoms with E-state index in [1.54, 1.807) is 13.0 Å². The van der Waals surface area contributed by atoms with Crippen LogP contribution in [0.5, 0.6) is 0 Å². The fraction of sp³-hybridized carbons (Fsp3) is 0.700. The summed E-state index contributed by atoms with van der Waals surface area (Å²) in [6, 6.07) is 0. The summed E-state index contributed by atoms with van der Waals surface area (Å²) in [5.74, 6) is -0.244. The third-order valence-corrected chi connectivity index (χ3v) is 1.54. The zero-order chi connectivity index (χ0) is 10.1. The zero-order valence-corrected chi connectivity index (χ0v) is 8.32. The highest BCUT2D eigenvalue weighted by Gasteiger charge is 2.05. The molecule has 3 heteroatoms. The van der Waals surface area contributed by atoms with Crippen LogP contribution in [0.25, 0.3) is 0 Å². The minimum Gasteiger partial charge on any atom is -0.466 e. The maximum atomic E-state index is 10.9. The van der Waals surface area contributed by atoms with Crippen molar-refractivity contribution in [2.75, 3.05) is 6.61 Å². The van der Waals surface area contributed by atoms with Crippen LogP contribution in [-0.2, 0) is 9.53 Å². The molecular weight excluding hydrogens is 168 g/mol. The van der Waals surface area contributed by atoms with E-state index in [1.807, 2.05) is 13.0 Å². The Bertz CT molecular complexity index is 164. The van der Waals surface area contributed by atoms with Crippen LogP contribution in [0.2, 0.25) is 0 Å². The lowest BCUT2D eigenvalue weighted by molar-refractivity contribution is -0.143. The number of carbonyl (C=O) groups is 1. The molecule has 0 heterocycles. The van der Waals surface area contributed by atoms with E-state index in [1.165, 1.54) is 0 Å². The summed E-state index contributed by atoms with van der Waals surface area (Å²) in [7, 11) is 0. The molecule has 0 rings (SSSR count). The molecule has 0 spiro atoms. The van der Waals surface area contributed by atoms with Crippen molar-refractivity contribution in [2.24, 2.45) is 0 Å². The van der Waals surface area contributed by atoms with Crippen molar-refractivity contribution in [2.45, 2.75) is 39.2 Å². The molecule has 0 aliphatic rings. The predicted octanol–water partition coefficient (Wildman–Crippen LogP) is 1.66. The van der Waals surface area contributed by atoms with Gasteiger partial charge in [0.15, 0.2) is 0 Å². The molecule has 0 aliphatic heterocycles. The van der Waals surface area contributed by atoms with Crippen molar-refractivity contribution >= 4 is 5.97 Å². The highest BCUT2D eigenvalue weighted by Crippen LogP contribution is 2.00. The van der Waals surface area contributed by atoms with Crippen LogP contribution in [0.1, 0.15) is 33.1 Å². The van der Waals surface area contributed by atoms with Crippen LogP contribution >= 0.6 is 0 Å². The predicted molar refractivity (Wildman–Crippen MR) is 51.3 cm³/mol. The number of esters is 1. The summed E-state index contributed by atoms with van der Waals surface area (Å²) in [4.78, 5) is 10.9. The molecule has 0 aromatic carbocycles. The fourth-order valence-electron chi connectivity index (χ4n) is 0.888. The van der Waals surface area contributed by atoms with E-state index in [0.29, 0.717) is 13.0 Å². The third kappa shape index (κ3) is 7.53. The summed E-state index contributed by atoms with van der Waals surface area (Å²) in [6.45, 7) is 4.17. The van der Waals surface area contributed by atoms with Gasteiger partial charge in [0.05, 0.1) is 12.7 Å². The van der Waals surface area contributed by atoms with Crippen LogP contribution in [0.4, 0.5) is 0 Å². The Labute approximate surface area is 79.4 Å². The van der Waals surface area contributed by atoms with Crippen LogP contribution in [0.3, 0.4) is 0 Å². The number of aliphatic hydroxyl groups excluding tert-OH is 1. The van der Waals surface area contributed by atoms with Crippen LogP contribution in [0.15, 0.2) is 12.2 Å². The molecule has 3 nitrogen and oxygen atoms in total. The summed E-state index contributed by atoms with van der Waals surface area (Å²) < 4.78 is 4.72. The Hall–Kier alpha value is -0.830. The highest BCUT2D eigenvalue weighted by molar-refractivity contribution is 5.69. The topological polar surface area (TPSA) is 46.5 Å². The van der Waals surface area contributed by atoms with E-state index in [-0.39, 0.29) is 12.4 Å². The molecule has 0 saturated heterocycles. The second kappa shape index (κ2) is 7.80. The van der Waals surface area contributed by atoms with Gasteiger partial charge in [0.25, 0.3) is 0 Å². The average molecular weight is 186 g/mol. The first-order valence-electron chi connectivity index (χ1n) is 4.71. The Morgan fingerprint density at radius 2 is 2.23 bits per heavy atom. The second-order valence-electron chi connectivity index (χ2n) is 2.75. The van der Waals surface area contributed by atoms with Gasteiger partial charge in [-0.25, -0.2) is 0 Å². The molecule has 0 bridgehead atoms. The summed E-state index contributed by atoms with van der Waals surface area (Å²) in [5.41, 5.74) is 0. The molecule has 0 aliphatic carbocycles. The van der Waals surface area contributed by atoms with Crippen LogP contribution < -0.4 is 0 Å². The van der Waals surface area contributed by atoms with Gasteiger partial charge < -0.3 is 9.84 Å². The van der Waals surface area contributed by atoms with Crippen molar-refractivity contribution in [3.05, 3.63) is 12.2 Å². The number of rotatable bonds is 6. The molecule has 76 valence electrons. The number of hydrogen-bond donors (Lipinski definition) is 1. The Kier molecular flexibility index (Phi) is 7.30. The normalized spacial score (nSPS) is 13.2. The molecule has 0 radical (unpaired) electrons. The van der Waals surface area contributed by atoms with E-state index in [9.17, 15) is 9.90 Å². The van der Waals surface area contributed by atoms with Gasteiger partial charge in [-0.1, -0.05) is 19.1 Å². The Morgan fingerprint density at radius 3 is 2.77 bits per heavy atom. The minimum atomic E-state index is -0.524. The van der Waals surface area contributed by atoms with Gasteiger partial charge in [0.2, 0.25) is 0 Å². The first-order chi connectivity index (χ1) is 6.20. The molecule has 1 atom stereocenters. The first kappa shape index (κ1) is 12.2. The van der Waals surface area contributed by atoms with Crippen LogP contribution in [-0.4, -0.2) is 23.8 Å². The number of ether oxygens (including phenoxy) is 1. The molecule has 0 amide bonds. The number of hydrogen-bond acceptors (Lipinski definition) is 3. The molecule has 0 fully saturated rings. The van der Waals surface area contributed by atoms with E-state index >= 15 is 0 Å². The molecule has 1 unspecified atom stereocenters. The first-order valence-corrected chi connectivity index (χ1v) is 4.71. The molecule has 1 N–H and O–H groups in total. The lowest BCUT2D eigenvalue weighted by Crippen LogP contribution is -2.09. The van der Waals surface area contributed by atoms with E-state index in [4.69, 9.17) is 4.74 Å². The lowest BCUT2D eigenvalue weighted by atomic mass is 10.2. The van der Waals surface area contributed by atoms with Crippen LogP contribution in [0, 0.1) is 0 Å². The Morgan fingerprint density at radius 1 is 1.54 bits per heavy atom. The van der Waals surface area contributed by atoms with E-state index in [2.05, 4.69) is 0 Å². The zero-order valence-electron chi connectivity index (χ0n) is 8.32. The second-order valence-corrected chi connectivity index (χ2v) is 2.75. The van der Waals surface area contributed by atoms with E-state index in [0.717, 1.165) is 6.42 Å². The molecule has 13 heavy (non-hydrogen) atoms. The lowest BCUT2D eigenvalue weighted by Gasteiger charge is -2.04. The molecule has 0 saturated carbocycles. The van der Waals surface area contributed by atoms with Gasteiger partial charge in [0, 0.05) is 6.42 Å². The number of aliphatic hydroxyl groups is 1. The van der Waals surface area contributed by atoms with Crippen molar-refractivity contribution in [1.29, 1.82) is 0 Å². The average Bonchev–Trinajstić information content (AvgIpc) is 2.12. The summed E-state index contributed by atoms with van der Waals surface area (Å²) >= 11 is 0. The third-order valence-electron chi connectivity index (χ3n) is 1.54. The van der Waals surface area contributed by atoms with Gasteiger partial charge >= 0.3 is 5.97 Å². The largest absolute Gasteiger partial charge is 0.466 e. The standard InChI is InChI=1S/C10H18O3/c1-3-5-6-9(11)7-8-10(12)13-4-2/h5-6,9,11H,3-4,7-8H2,1-2H3/b6-5-. The highest BCUT2D eigenvalue weighted by atomic mass is 16.5. The van der Waals surface area contributed by atoms with Gasteiger partial charge in [-0.3, -0.25) is 4.79 Å². The monoisotopic (exact) mass is 186 g/mol. The van der Waals surface area contributed by atoms with Gasteiger partial charge in [-0.15, -0.1) is 0 Å². The van der Waals surface area contributed by atoms with E-state index < -0.39 is 6.10 Å². The van der Waals surface area contributed by atoms with Crippen molar-refractivity contribution in [1.82, 2.24) is 0 Å². The smallest absolute Gasteiger partial charge is 0.305 e. The minimum absolute atomic E-state index is 0.244. The van der Waals surface area contributed by atoms with Crippen molar-refractivity contribution < 1.29 is 14.6 Å². The SMILES string of the molecule is CC/C=C\C(O)CCC(=O)OCC. The fourth-order valence-corrected chi connectivity index (χ4v) is 0.888. The summed E-state index contributed by atoms with van der Waals surface area (Å²) in [6.07, 6.45) is 4.69. The molecule has 0 aromatic heterocycles. The van der Waals surface area contributed by atoms with Gasteiger partial charge in [-0.05, 0) is 19.8 Å². The quantitative estimate of drug-likeness (QED) is 0.507. The number of allylic oxidation sites excluding steroid dienone is 1. The van der Waals surface area contributed by atoms with Crippen molar-refractivity contribution in [3.63, 3.8) is 0 Å². The van der Waals surface area contributed by atoms with Crippen molar-refractivity contribution in [3.8, 4) is 0 Å². The van der Waals surface area contributed by atoms with Gasteiger partial charge in [-0.2, -0.15) is 0 Å². The Balaban J connectivity index is 3.51. The molecular formula is C10H18O3. The summed E-state index contributed by atoms with van der Waals surface area (Å²) in [5, 5.41) is 9.30. The number of carbonyl (C=O) groups excluding carboxylic acids is 1. The maximum Gasteiger partial charge on any atom is 0.305 e.